The van der Waals surface area contributed by atoms with Gasteiger partial charge in [-0.25, -0.2) is 14.8 Å². The quantitative estimate of drug-likeness (QED) is 0.882. The third-order valence-electron chi connectivity index (χ3n) is 3.62. The topological polar surface area (TPSA) is 86.6 Å². The third-order valence-corrected chi connectivity index (χ3v) is 3.62. The molecule has 1 aromatic rings. The highest BCUT2D eigenvalue weighted by Gasteiger charge is 2.31. The van der Waals surface area contributed by atoms with Gasteiger partial charge in [0.1, 0.15) is 6.04 Å². The monoisotopic (exact) mass is 292 g/mol. The fourth-order valence-corrected chi connectivity index (χ4v) is 2.52. The molecule has 0 bridgehead atoms. The van der Waals surface area contributed by atoms with Gasteiger partial charge in [0.25, 0.3) is 0 Å². The summed E-state index contributed by atoms with van der Waals surface area (Å²) >= 11 is 0. The van der Waals surface area contributed by atoms with Crippen LogP contribution in [0.25, 0.3) is 0 Å². The van der Waals surface area contributed by atoms with E-state index in [4.69, 9.17) is 0 Å². The molecule has 7 heteroatoms. The van der Waals surface area contributed by atoms with E-state index in [0.717, 1.165) is 19.3 Å². The minimum absolute atomic E-state index is 0.0772. The average Bonchev–Trinajstić information content (AvgIpc) is 2.74. The standard InChI is InChI=1S/C14H20N4O3/c1-17(14-15-7-5-8-16-14)10-12(19)18-9-4-2-3-6-11(18)13(20)21/h5,7-8,11H,2-4,6,9-10H2,1H3,(H,20,21). The van der Waals surface area contributed by atoms with Gasteiger partial charge in [-0.1, -0.05) is 12.8 Å². The van der Waals surface area contributed by atoms with Crippen LogP contribution in [0.3, 0.4) is 0 Å². The molecule has 0 aromatic carbocycles. The van der Waals surface area contributed by atoms with E-state index < -0.39 is 12.0 Å². The van der Waals surface area contributed by atoms with E-state index in [1.165, 1.54) is 4.90 Å². The number of carbonyl (C=O) groups is 2. The number of amides is 1. The van der Waals surface area contributed by atoms with Crippen LogP contribution < -0.4 is 4.90 Å². The lowest BCUT2D eigenvalue weighted by atomic mass is 10.1. The minimum atomic E-state index is -0.927. The van der Waals surface area contributed by atoms with Crippen LogP contribution >= 0.6 is 0 Å². The molecule has 0 spiro atoms. The predicted octanol–water partition coefficient (Wildman–Crippen LogP) is 0.769. The molecule has 2 heterocycles. The van der Waals surface area contributed by atoms with Gasteiger partial charge in [0, 0.05) is 26.0 Å². The average molecular weight is 292 g/mol. The molecular formula is C14H20N4O3. The van der Waals surface area contributed by atoms with E-state index in [9.17, 15) is 14.7 Å². The van der Waals surface area contributed by atoms with Crippen molar-refractivity contribution in [2.45, 2.75) is 31.7 Å². The Morgan fingerprint density at radius 1 is 1.33 bits per heavy atom. The number of carboxylic acids is 1. The van der Waals surface area contributed by atoms with Crippen LogP contribution in [-0.2, 0) is 9.59 Å². The van der Waals surface area contributed by atoms with Crippen molar-refractivity contribution in [2.24, 2.45) is 0 Å². The molecule has 1 saturated heterocycles. The van der Waals surface area contributed by atoms with E-state index in [1.54, 1.807) is 30.4 Å². The molecule has 0 aliphatic carbocycles. The number of hydrogen-bond acceptors (Lipinski definition) is 5. The lowest BCUT2D eigenvalue weighted by molar-refractivity contribution is -0.149. The van der Waals surface area contributed by atoms with Gasteiger partial charge in [-0.3, -0.25) is 4.79 Å². The van der Waals surface area contributed by atoms with Crippen LogP contribution in [0.1, 0.15) is 25.7 Å². The molecular weight excluding hydrogens is 272 g/mol. The second kappa shape index (κ2) is 7.01. The van der Waals surface area contributed by atoms with Gasteiger partial charge in [0.15, 0.2) is 0 Å². The number of aromatic nitrogens is 2. The molecule has 21 heavy (non-hydrogen) atoms. The van der Waals surface area contributed by atoms with E-state index in [1.807, 2.05) is 0 Å². The summed E-state index contributed by atoms with van der Waals surface area (Å²) in [5.41, 5.74) is 0. The molecule has 1 N–H and O–H groups in total. The van der Waals surface area contributed by atoms with Gasteiger partial charge in [-0.05, 0) is 18.9 Å². The maximum absolute atomic E-state index is 12.4. The number of anilines is 1. The smallest absolute Gasteiger partial charge is 0.326 e. The summed E-state index contributed by atoms with van der Waals surface area (Å²) in [4.78, 5) is 35.0. The van der Waals surface area contributed by atoms with E-state index in [-0.39, 0.29) is 12.5 Å². The minimum Gasteiger partial charge on any atom is -0.480 e. The summed E-state index contributed by atoms with van der Waals surface area (Å²) in [6, 6.07) is 0.985. The molecule has 2 rings (SSSR count). The molecule has 1 unspecified atom stereocenters. The molecule has 114 valence electrons. The van der Waals surface area contributed by atoms with Crippen molar-refractivity contribution in [3.8, 4) is 0 Å². The van der Waals surface area contributed by atoms with Crippen molar-refractivity contribution in [3.63, 3.8) is 0 Å². The van der Waals surface area contributed by atoms with Gasteiger partial charge in [0.05, 0.1) is 6.54 Å². The van der Waals surface area contributed by atoms with Gasteiger partial charge >= 0.3 is 5.97 Å². The Hall–Kier alpha value is -2.18. The van der Waals surface area contributed by atoms with Crippen molar-refractivity contribution in [1.82, 2.24) is 14.9 Å². The Labute approximate surface area is 123 Å². The number of nitrogens with zero attached hydrogens (tertiary/aromatic N) is 4. The Bertz CT molecular complexity index is 494. The van der Waals surface area contributed by atoms with Crippen molar-refractivity contribution in [2.75, 3.05) is 25.0 Å². The number of rotatable bonds is 4. The summed E-state index contributed by atoms with van der Waals surface area (Å²) in [5.74, 6) is -0.671. The van der Waals surface area contributed by atoms with Gasteiger partial charge in [0.2, 0.25) is 11.9 Å². The first-order chi connectivity index (χ1) is 10.1. The molecule has 7 nitrogen and oxygen atoms in total. The molecule has 1 atom stereocenters. The molecule has 1 aliphatic heterocycles. The SMILES string of the molecule is CN(CC(=O)N1CCCCCC1C(=O)O)c1ncccn1. The molecule has 1 amide bonds. The van der Waals surface area contributed by atoms with Crippen LogP contribution in [0, 0.1) is 0 Å². The summed E-state index contributed by atoms with van der Waals surface area (Å²) in [7, 11) is 1.72. The molecule has 1 aliphatic rings. The summed E-state index contributed by atoms with van der Waals surface area (Å²) in [6.45, 7) is 0.576. The van der Waals surface area contributed by atoms with Crippen LogP contribution in [0.15, 0.2) is 18.5 Å². The molecule has 0 saturated carbocycles. The fraction of sp³-hybridized carbons (Fsp3) is 0.571. The first-order valence-corrected chi connectivity index (χ1v) is 7.10. The molecule has 1 fully saturated rings. The first-order valence-electron chi connectivity index (χ1n) is 7.10. The summed E-state index contributed by atoms with van der Waals surface area (Å²) < 4.78 is 0. The number of carbonyl (C=O) groups excluding carboxylic acids is 1. The van der Waals surface area contributed by atoms with Crippen molar-refractivity contribution >= 4 is 17.8 Å². The van der Waals surface area contributed by atoms with Crippen LogP contribution in [0.2, 0.25) is 0 Å². The van der Waals surface area contributed by atoms with E-state index >= 15 is 0 Å². The largest absolute Gasteiger partial charge is 0.480 e. The zero-order chi connectivity index (χ0) is 15.2. The molecule has 0 radical (unpaired) electrons. The van der Waals surface area contributed by atoms with E-state index in [2.05, 4.69) is 9.97 Å². The van der Waals surface area contributed by atoms with Gasteiger partial charge in [-0.2, -0.15) is 0 Å². The van der Waals surface area contributed by atoms with Crippen molar-refractivity contribution in [1.29, 1.82) is 0 Å². The lowest BCUT2D eigenvalue weighted by Gasteiger charge is -2.28. The van der Waals surface area contributed by atoms with Crippen LogP contribution in [0.5, 0.6) is 0 Å². The van der Waals surface area contributed by atoms with E-state index in [0.29, 0.717) is 18.9 Å². The second-order valence-electron chi connectivity index (χ2n) is 5.20. The molecule has 1 aromatic heterocycles. The van der Waals surface area contributed by atoms with Gasteiger partial charge in [-0.15, -0.1) is 0 Å². The third kappa shape index (κ3) is 3.90. The Morgan fingerprint density at radius 3 is 2.71 bits per heavy atom. The highest BCUT2D eigenvalue weighted by molar-refractivity contribution is 5.86. The summed E-state index contributed by atoms with van der Waals surface area (Å²) in [6.07, 6.45) is 6.39. The number of hydrogen-bond donors (Lipinski definition) is 1. The van der Waals surface area contributed by atoms with Crippen molar-refractivity contribution in [3.05, 3.63) is 18.5 Å². The lowest BCUT2D eigenvalue weighted by Crippen LogP contribution is -2.48. The number of aliphatic carboxylic acids is 1. The van der Waals surface area contributed by atoms with Crippen LogP contribution in [-0.4, -0.2) is 58.0 Å². The zero-order valence-electron chi connectivity index (χ0n) is 12.1. The Morgan fingerprint density at radius 2 is 2.05 bits per heavy atom. The maximum Gasteiger partial charge on any atom is 0.326 e. The highest BCUT2D eigenvalue weighted by atomic mass is 16.4. The van der Waals surface area contributed by atoms with Crippen molar-refractivity contribution < 1.29 is 14.7 Å². The number of likely N-dealkylation sites (tertiary alicyclic amines) is 1. The van der Waals surface area contributed by atoms with Gasteiger partial charge < -0.3 is 14.9 Å². The normalized spacial score (nSPS) is 18.9. The highest BCUT2D eigenvalue weighted by Crippen LogP contribution is 2.17. The second-order valence-corrected chi connectivity index (χ2v) is 5.20. The number of carboxylic acid groups (broad SMARTS) is 1. The Balaban J connectivity index is 2.05. The zero-order valence-corrected chi connectivity index (χ0v) is 12.1. The number of likely N-dealkylation sites (N-methyl/N-ethyl adjacent to an activating group) is 1. The first kappa shape index (κ1) is 15.2. The predicted molar refractivity (Wildman–Crippen MR) is 76.9 cm³/mol. The van der Waals surface area contributed by atoms with Crippen LogP contribution in [0.4, 0.5) is 5.95 Å². The maximum atomic E-state index is 12.4. The fourth-order valence-electron chi connectivity index (χ4n) is 2.52. The summed E-state index contributed by atoms with van der Waals surface area (Å²) in [5, 5.41) is 9.30. The Kier molecular flexibility index (Phi) is 5.08.